The van der Waals surface area contributed by atoms with E-state index in [9.17, 15) is 19.5 Å². The lowest BCUT2D eigenvalue weighted by atomic mass is 9.61. The van der Waals surface area contributed by atoms with Gasteiger partial charge in [0.25, 0.3) is 0 Å². The summed E-state index contributed by atoms with van der Waals surface area (Å²) < 4.78 is 10.4. The summed E-state index contributed by atoms with van der Waals surface area (Å²) in [5.41, 5.74) is -0.00981. The van der Waals surface area contributed by atoms with Crippen LogP contribution >= 0.6 is 0 Å². The van der Waals surface area contributed by atoms with E-state index in [1.807, 2.05) is 12.1 Å². The highest BCUT2D eigenvalue weighted by molar-refractivity contribution is 6.02. The first kappa shape index (κ1) is 23.5. The number of carbonyl (C=O) groups is 3. The van der Waals surface area contributed by atoms with Crippen LogP contribution in [0.15, 0.2) is 49.6 Å². The Morgan fingerprint density at radius 2 is 1.67 bits per heavy atom. The minimum atomic E-state index is -1.67. The topological polar surface area (TPSA) is 89.9 Å². The smallest absolute Gasteiger partial charge is 0.317 e. The Kier molecular flexibility index (Phi) is 7.73. The fourth-order valence-electron chi connectivity index (χ4n) is 3.98. The predicted molar refractivity (Wildman–Crippen MR) is 113 cm³/mol. The number of esters is 2. The maximum absolute atomic E-state index is 12.9. The van der Waals surface area contributed by atoms with Crippen LogP contribution < -0.4 is 0 Å². The average Bonchev–Trinajstić information content (AvgIpc) is 2.69. The number of Topliss-reactive ketones (excluding diaryl/α,β-unsaturated/α-hetero) is 1. The SMILES string of the molecule is C=CCOC(=O)[C@@H]1C(=O)C[C@](C)(O)[C@H](C(=O)OCC=C)[C@@H]1c1ccc(C(C)C)cc1. The average molecular weight is 414 g/mol. The molecule has 1 aliphatic carbocycles. The number of carbonyl (C=O) groups excluding carboxylic acids is 3. The van der Waals surface area contributed by atoms with Crippen LogP contribution in [-0.4, -0.2) is 41.6 Å². The highest BCUT2D eigenvalue weighted by Crippen LogP contribution is 2.46. The van der Waals surface area contributed by atoms with Crippen molar-refractivity contribution < 1.29 is 29.0 Å². The summed E-state index contributed by atoms with van der Waals surface area (Å²) in [5.74, 6) is -4.88. The third-order valence-corrected chi connectivity index (χ3v) is 5.45. The van der Waals surface area contributed by atoms with Gasteiger partial charge in [0, 0.05) is 12.3 Å². The molecule has 1 N–H and O–H groups in total. The van der Waals surface area contributed by atoms with Crippen LogP contribution in [-0.2, 0) is 23.9 Å². The van der Waals surface area contributed by atoms with Gasteiger partial charge in [-0.25, -0.2) is 0 Å². The molecule has 4 atom stereocenters. The van der Waals surface area contributed by atoms with Gasteiger partial charge >= 0.3 is 11.9 Å². The molecule has 0 saturated heterocycles. The highest BCUT2D eigenvalue weighted by atomic mass is 16.5. The largest absolute Gasteiger partial charge is 0.461 e. The van der Waals surface area contributed by atoms with Gasteiger partial charge in [0.15, 0.2) is 5.78 Å². The van der Waals surface area contributed by atoms with Crippen LogP contribution in [0.2, 0.25) is 0 Å². The van der Waals surface area contributed by atoms with Crippen LogP contribution in [0.1, 0.15) is 50.2 Å². The van der Waals surface area contributed by atoms with Gasteiger partial charge in [-0.1, -0.05) is 63.4 Å². The Hall–Kier alpha value is -2.73. The van der Waals surface area contributed by atoms with E-state index in [1.54, 1.807) is 12.1 Å². The molecule has 2 rings (SSSR count). The summed E-state index contributed by atoms with van der Waals surface area (Å²) in [4.78, 5) is 38.6. The van der Waals surface area contributed by atoms with E-state index in [2.05, 4.69) is 27.0 Å². The maximum Gasteiger partial charge on any atom is 0.317 e. The molecular weight excluding hydrogens is 384 g/mol. The second-order valence-electron chi connectivity index (χ2n) is 8.14. The lowest BCUT2D eigenvalue weighted by Gasteiger charge is -2.43. The molecule has 30 heavy (non-hydrogen) atoms. The van der Waals surface area contributed by atoms with Crippen LogP contribution in [0.4, 0.5) is 0 Å². The van der Waals surface area contributed by atoms with E-state index in [1.165, 1.54) is 19.1 Å². The number of ketones is 1. The van der Waals surface area contributed by atoms with E-state index in [4.69, 9.17) is 9.47 Å². The molecule has 0 aliphatic heterocycles. The molecule has 1 aromatic carbocycles. The monoisotopic (exact) mass is 414 g/mol. The van der Waals surface area contributed by atoms with Crippen molar-refractivity contribution >= 4 is 17.7 Å². The van der Waals surface area contributed by atoms with Crippen molar-refractivity contribution in [1.82, 2.24) is 0 Å². The van der Waals surface area contributed by atoms with Gasteiger partial charge in [0.1, 0.15) is 19.1 Å². The summed E-state index contributed by atoms with van der Waals surface area (Å²) in [6, 6.07) is 7.37. The van der Waals surface area contributed by atoms with Gasteiger partial charge in [-0.2, -0.15) is 0 Å². The second kappa shape index (κ2) is 9.85. The van der Waals surface area contributed by atoms with Crippen molar-refractivity contribution in [1.29, 1.82) is 0 Å². The quantitative estimate of drug-likeness (QED) is 0.399. The van der Waals surface area contributed by atoms with Crippen molar-refractivity contribution in [2.24, 2.45) is 11.8 Å². The molecule has 1 fully saturated rings. The molecular formula is C24H30O6. The first-order valence-corrected chi connectivity index (χ1v) is 10.0. The third kappa shape index (κ3) is 5.05. The first-order valence-electron chi connectivity index (χ1n) is 10.0. The Morgan fingerprint density at radius 3 is 2.17 bits per heavy atom. The Morgan fingerprint density at radius 1 is 1.13 bits per heavy atom. The predicted octanol–water partition coefficient (Wildman–Crippen LogP) is 3.31. The lowest BCUT2D eigenvalue weighted by molar-refractivity contribution is -0.171. The maximum atomic E-state index is 12.9. The molecule has 6 nitrogen and oxygen atoms in total. The Labute approximate surface area is 177 Å². The molecule has 0 bridgehead atoms. The zero-order chi connectivity index (χ0) is 22.5. The molecule has 0 spiro atoms. The molecule has 0 aromatic heterocycles. The number of benzene rings is 1. The molecule has 6 heteroatoms. The van der Waals surface area contributed by atoms with E-state index in [-0.39, 0.29) is 25.6 Å². The van der Waals surface area contributed by atoms with Gasteiger partial charge < -0.3 is 14.6 Å². The summed E-state index contributed by atoms with van der Waals surface area (Å²) in [5, 5.41) is 11.0. The zero-order valence-corrected chi connectivity index (χ0v) is 17.8. The van der Waals surface area contributed by atoms with Crippen LogP contribution in [0.5, 0.6) is 0 Å². The molecule has 162 valence electrons. The van der Waals surface area contributed by atoms with Gasteiger partial charge in [-0.05, 0) is 24.0 Å². The Bertz CT molecular complexity index is 805. The highest BCUT2D eigenvalue weighted by Gasteiger charge is 2.57. The van der Waals surface area contributed by atoms with E-state index >= 15 is 0 Å². The molecule has 1 aromatic rings. The molecule has 0 unspecified atom stereocenters. The fraction of sp³-hybridized carbons (Fsp3) is 0.458. The van der Waals surface area contributed by atoms with Crippen LogP contribution in [0.3, 0.4) is 0 Å². The van der Waals surface area contributed by atoms with Crippen molar-refractivity contribution in [3.05, 3.63) is 60.7 Å². The lowest BCUT2D eigenvalue weighted by Crippen LogP contribution is -2.55. The number of aliphatic hydroxyl groups is 1. The van der Waals surface area contributed by atoms with Crippen molar-refractivity contribution in [2.75, 3.05) is 13.2 Å². The molecule has 1 saturated carbocycles. The first-order chi connectivity index (χ1) is 14.1. The Balaban J connectivity index is 2.57. The summed E-state index contributed by atoms with van der Waals surface area (Å²) in [6.07, 6.45) is 2.47. The standard InChI is InChI=1S/C24H30O6/c1-6-12-29-22(26)20-18(25)14-24(5,28)21(23(27)30-13-7-2)19(20)17-10-8-16(9-11-17)15(3)4/h6-11,15,19-21,28H,1-2,12-14H2,3-5H3/t19-,20-,21+,24+/m1/s1. The van der Waals surface area contributed by atoms with Crippen molar-refractivity contribution in [3.63, 3.8) is 0 Å². The van der Waals surface area contributed by atoms with Crippen LogP contribution in [0.25, 0.3) is 0 Å². The minimum Gasteiger partial charge on any atom is -0.461 e. The zero-order valence-electron chi connectivity index (χ0n) is 17.8. The molecule has 0 amide bonds. The van der Waals surface area contributed by atoms with Gasteiger partial charge in [0.05, 0.1) is 11.5 Å². The molecule has 0 heterocycles. The third-order valence-electron chi connectivity index (χ3n) is 5.45. The molecule has 0 radical (unpaired) electrons. The fourth-order valence-corrected chi connectivity index (χ4v) is 3.98. The van der Waals surface area contributed by atoms with E-state index in [0.29, 0.717) is 5.56 Å². The van der Waals surface area contributed by atoms with E-state index < -0.39 is 41.1 Å². The summed E-state index contributed by atoms with van der Waals surface area (Å²) in [7, 11) is 0. The van der Waals surface area contributed by atoms with Gasteiger partial charge in [-0.15, -0.1) is 0 Å². The second-order valence-corrected chi connectivity index (χ2v) is 8.14. The number of rotatable bonds is 8. The van der Waals surface area contributed by atoms with E-state index in [0.717, 1.165) is 5.56 Å². The summed E-state index contributed by atoms with van der Waals surface area (Å²) >= 11 is 0. The number of ether oxygens (including phenoxy) is 2. The number of hydrogen-bond acceptors (Lipinski definition) is 6. The normalized spacial score (nSPS) is 26.2. The van der Waals surface area contributed by atoms with Crippen molar-refractivity contribution in [3.8, 4) is 0 Å². The van der Waals surface area contributed by atoms with Crippen molar-refractivity contribution in [2.45, 2.75) is 44.6 Å². The van der Waals surface area contributed by atoms with Crippen LogP contribution in [0, 0.1) is 11.8 Å². The molecule has 1 aliphatic rings. The number of hydrogen-bond donors (Lipinski definition) is 1. The van der Waals surface area contributed by atoms with Gasteiger partial charge in [-0.3, -0.25) is 14.4 Å². The minimum absolute atomic E-state index is 0.0378. The van der Waals surface area contributed by atoms with Gasteiger partial charge in [0.2, 0.25) is 0 Å². The summed E-state index contributed by atoms with van der Waals surface area (Å²) in [6.45, 7) is 12.5.